The third-order valence-electron chi connectivity index (χ3n) is 3.09. The van der Waals surface area contributed by atoms with Gasteiger partial charge in [-0.1, -0.05) is 29.5 Å². The predicted octanol–water partition coefficient (Wildman–Crippen LogP) is 3.93. The zero-order valence-corrected chi connectivity index (χ0v) is 12.5. The highest BCUT2D eigenvalue weighted by Gasteiger charge is 2.07. The monoisotopic (exact) mass is 298 g/mol. The summed E-state index contributed by atoms with van der Waals surface area (Å²) in [4.78, 5) is 15.5. The lowest BCUT2D eigenvalue weighted by Gasteiger charge is -2.03. The normalized spacial score (nSPS) is 10.6. The number of fused-ring (bicyclic) bond motifs is 1. The van der Waals surface area contributed by atoms with Crippen LogP contribution in [0.5, 0.6) is 5.75 Å². The second-order valence-corrected chi connectivity index (χ2v) is 5.64. The highest BCUT2D eigenvalue weighted by Crippen LogP contribution is 2.31. The Bertz CT molecular complexity index is 794. The Morgan fingerprint density at radius 3 is 2.52 bits per heavy atom. The maximum absolute atomic E-state index is 11.1. The molecule has 1 N–H and O–H groups in total. The lowest BCUT2D eigenvalue weighted by Crippen LogP contribution is -2.04. The Labute approximate surface area is 126 Å². The van der Waals surface area contributed by atoms with E-state index < -0.39 is 0 Å². The van der Waals surface area contributed by atoms with Crippen LogP contribution in [-0.4, -0.2) is 18.0 Å². The number of carbonyl (C=O) groups excluding carboxylic acids is 1. The van der Waals surface area contributed by atoms with Crippen molar-refractivity contribution in [2.24, 2.45) is 0 Å². The SMILES string of the molecule is COc1ccc(-c2ccc3nc(NC(C)=O)sc3c2)cc1. The van der Waals surface area contributed by atoms with Crippen LogP contribution in [0.2, 0.25) is 0 Å². The smallest absolute Gasteiger partial charge is 0.223 e. The molecule has 0 saturated carbocycles. The first kappa shape index (κ1) is 13.6. The zero-order chi connectivity index (χ0) is 14.8. The molecule has 3 rings (SSSR count). The minimum Gasteiger partial charge on any atom is -0.497 e. The largest absolute Gasteiger partial charge is 0.497 e. The summed E-state index contributed by atoms with van der Waals surface area (Å²) in [6.45, 7) is 1.48. The number of rotatable bonds is 3. The molecule has 0 aliphatic heterocycles. The summed E-state index contributed by atoms with van der Waals surface area (Å²) in [5.41, 5.74) is 3.12. The maximum Gasteiger partial charge on any atom is 0.223 e. The van der Waals surface area contributed by atoms with E-state index in [1.165, 1.54) is 18.3 Å². The van der Waals surface area contributed by atoms with Crippen molar-refractivity contribution in [2.45, 2.75) is 6.92 Å². The van der Waals surface area contributed by atoms with Gasteiger partial charge in [-0.15, -0.1) is 0 Å². The number of carbonyl (C=O) groups is 1. The van der Waals surface area contributed by atoms with Gasteiger partial charge in [0.2, 0.25) is 5.91 Å². The fraction of sp³-hybridized carbons (Fsp3) is 0.125. The average molecular weight is 298 g/mol. The number of amides is 1. The number of hydrogen-bond acceptors (Lipinski definition) is 4. The fourth-order valence-electron chi connectivity index (χ4n) is 2.09. The van der Waals surface area contributed by atoms with Crippen molar-refractivity contribution in [3.63, 3.8) is 0 Å². The Morgan fingerprint density at radius 2 is 1.86 bits per heavy atom. The summed E-state index contributed by atoms with van der Waals surface area (Å²) in [7, 11) is 1.65. The van der Waals surface area contributed by atoms with Crippen LogP contribution >= 0.6 is 11.3 Å². The standard InChI is InChI=1S/C16H14N2O2S/c1-10(19)17-16-18-14-8-5-12(9-15(14)21-16)11-3-6-13(20-2)7-4-11/h3-9H,1-2H3,(H,17,18,19). The third kappa shape index (κ3) is 2.87. The van der Waals surface area contributed by atoms with Gasteiger partial charge < -0.3 is 10.1 Å². The number of benzene rings is 2. The summed E-state index contributed by atoms with van der Waals surface area (Å²) in [5, 5.41) is 3.35. The molecule has 0 unspecified atom stereocenters. The van der Waals surface area contributed by atoms with Crippen LogP contribution in [0.4, 0.5) is 5.13 Å². The zero-order valence-electron chi connectivity index (χ0n) is 11.7. The lowest BCUT2D eigenvalue weighted by molar-refractivity contribution is -0.114. The van der Waals surface area contributed by atoms with Crippen molar-refractivity contribution in [1.82, 2.24) is 4.98 Å². The van der Waals surface area contributed by atoms with Crippen molar-refractivity contribution in [3.8, 4) is 16.9 Å². The van der Waals surface area contributed by atoms with E-state index >= 15 is 0 Å². The average Bonchev–Trinajstić information content (AvgIpc) is 2.87. The van der Waals surface area contributed by atoms with Gasteiger partial charge in [-0.3, -0.25) is 4.79 Å². The van der Waals surface area contributed by atoms with Crippen LogP contribution < -0.4 is 10.1 Å². The molecule has 0 atom stereocenters. The van der Waals surface area contributed by atoms with Gasteiger partial charge in [-0.2, -0.15) is 0 Å². The molecule has 0 aliphatic rings. The first-order valence-corrected chi connectivity index (χ1v) is 7.30. The Kier molecular flexibility index (Phi) is 3.58. The molecule has 106 valence electrons. The number of anilines is 1. The van der Waals surface area contributed by atoms with Gasteiger partial charge in [0.15, 0.2) is 5.13 Å². The lowest BCUT2D eigenvalue weighted by atomic mass is 10.1. The van der Waals surface area contributed by atoms with Crippen molar-refractivity contribution in [1.29, 1.82) is 0 Å². The number of methoxy groups -OCH3 is 1. The van der Waals surface area contributed by atoms with Crippen molar-refractivity contribution < 1.29 is 9.53 Å². The third-order valence-corrected chi connectivity index (χ3v) is 4.03. The molecule has 0 radical (unpaired) electrons. The van der Waals surface area contributed by atoms with Gasteiger partial charge in [-0.05, 0) is 35.4 Å². The van der Waals surface area contributed by atoms with Gasteiger partial charge >= 0.3 is 0 Å². The van der Waals surface area contributed by atoms with Gasteiger partial charge in [0, 0.05) is 6.92 Å². The summed E-state index contributed by atoms with van der Waals surface area (Å²) in [5.74, 6) is 0.731. The molecule has 0 fully saturated rings. The van der Waals surface area contributed by atoms with Crippen molar-refractivity contribution in [3.05, 3.63) is 42.5 Å². The van der Waals surface area contributed by atoms with Crippen molar-refractivity contribution in [2.75, 3.05) is 12.4 Å². The number of nitrogens with one attached hydrogen (secondary N) is 1. The molecular weight excluding hydrogens is 284 g/mol. The van der Waals surface area contributed by atoms with Crippen molar-refractivity contribution >= 4 is 32.6 Å². The molecular formula is C16H14N2O2S. The minimum absolute atomic E-state index is 0.107. The molecule has 2 aromatic carbocycles. The van der Waals surface area contributed by atoms with Crippen LogP contribution in [0.25, 0.3) is 21.3 Å². The van der Waals surface area contributed by atoms with E-state index in [1.807, 2.05) is 36.4 Å². The number of aromatic nitrogens is 1. The molecule has 5 heteroatoms. The summed E-state index contributed by atoms with van der Waals surface area (Å²) < 4.78 is 6.22. The summed E-state index contributed by atoms with van der Waals surface area (Å²) >= 11 is 1.47. The van der Waals surface area contributed by atoms with Gasteiger partial charge in [0.1, 0.15) is 5.75 Å². The number of thiazole rings is 1. The summed E-state index contributed by atoms with van der Waals surface area (Å²) in [6, 6.07) is 14.0. The van der Waals surface area contributed by atoms with Crippen LogP contribution in [0.15, 0.2) is 42.5 Å². The first-order valence-electron chi connectivity index (χ1n) is 6.48. The van der Waals surface area contributed by atoms with E-state index in [2.05, 4.69) is 16.4 Å². The second kappa shape index (κ2) is 5.54. The number of hydrogen-bond donors (Lipinski definition) is 1. The second-order valence-electron chi connectivity index (χ2n) is 4.61. The fourth-order valence-corrected chi connectivity index (χ4v) is 3.04. The highest BCUT2D eigenvalue weighted by molar-refractivity contribution is 7.22. The topological polar surface area (TPSA) is 51.2 Å². The Balaban J connectivity index is 1.97. The molecule has 4 nitrogen and oxygen atoms in total. The van der Waals surface area contributed by atoms with Gasteiger partial charge in [0.25, 0.3) is 0 Å². The minimum atomic E-state index is -0.107. The number of nitrogens with zero attached hydrogens (tertiary/aromatic N) is 1. The summed E-state index contributed by atoms with van der Waals surface area (Å²) in [6.07, 6.45) is 0. The van der Waals surface area contributed by atoms with E-state index in [4.69, 9.17) is 4.74 Å². The van der Waals surface area contributed by atoms with Crippen LogP contribution in [0, 0.1) is 0 Å². The van der Waals surface area contributed by atoms with Crippen LogP contribution in [0.1, 0.15) is 6.92 Å². The highest BCUT2D eigenvalue weighted by atomic mass is 32.1. The van der Waals surface area contributed by atoms with Crippen LogP contribution in [0.3, 0.4) is 0 Å². The molecule has 0 bridgehead atoms. The molecule has 21 heavy (non-hydrogen) atoms. The maximum atomic E-state index is 11.1. The van der Waals surface area contributed by atoms with E-state index in [1.54, 1.807) is 7.11 Å². The van der Waals surface area contributed by atoms with Crippen LogP contribution in [-0.2, 0) is 4.79 Å². The van der Waals surface area contributed by atoms with E-state index in [0.717, 1.165) is 27.1 Å². The van der Waals surface area contributed by atoms with E-state index in [9.17, 15) is 4.79 Å². The van der Waals surface area contributed by atoms with E-state index in [-0.39, 0.29) is 5.91 Å². The number of ether oxygens (including phenoxy) is 1. The molecule has 3 aromatic rings. The Hall–Kier alpha value is -2.40. The van der Waals surface area contributed by atoms with Gasteiger partial charge in [0.05, 0.1) is 17.3 Å². The molecule has 0 saturated heterocycles. The molecule has 1 amide bonds. The predicted molar refractivity (Wildman–Crippen MR) is 85.9 cm³/mol. The molecule has 0 aliphatic carbocycles. The first-order chi connectivity index (χ1) is 10.2. The quantitative estimate of drug-likeness (QED) is 0.797. The molecule has 1 aromatic heterocycles. The van der Waals surface area contributed by atoms with Gasteiger partial charge in [-0.25, -0.2) is 4.98 Å². The molecule has 0 spiro atoms. The molecule has 1 heterocycles. The van der Waals surface area contributed by atoms with E-state index in [0.29, 0.717) is 5.13 Å². The Morgan fingerprint density at radius 1 is 1.14 bits per heavy atom.